The summed E-state index contributed by atoms with van der Waals surface area (Å²) < 4.78 is 2.77. The molecule has 0 spiro atoms. The van der Waals surface area contributed by atoms with Gasteiger partial charge in [0.15, 0.2) is 6.29 Å². The van der Waals surface area contributed by atoms with Crippen molar-refractivity contribution >= 4 is 22.2 Å². The second-order valence-corrected chi connectivity index (χ2v) is 6.14. The largest absolute Gasteiger partial charge is 0.298 e. The maximum atomic E-state index is 11.1. The Bertz CT molecular complexity index is 564. The second kappa shape index (κ2) is 4.69. The Morgan fingerprint density at radius 2 is 1.83 bits per heavy atom. The normalized spacial score (nSPS) is 11.6. The molecule has 1 heterocycles. The molecule has 0 saturated carbocycles. The molecule has 18 heavy (non-hydrogen) atoms. The summed E-state index contributed by atoms with van der Waals surface area (Å²) in [6, 6.07) is 7.82. The van der Waals surface area contributed by atoms with Crippen LogP contribution in [0.1, 0.15) is 36.8 Å². The number of carbonyl (C=O) groups is 1. The lowest BCUT2D eigenvalue weighted by molar-refractivity contribution is 0.112. The van der Waals surface area contributed by atoms with E-state index in [0.29, 0.717) is 5.56 Å². The van der Waals surface area contributed by atoms with E-state index in [4.69, 9.17) is 0 Å². The van der Waals surface area contributed by atoms with Crippen LogP contribution >= 0.6 is 15.9 Å². The molecule has 0 bridgehead atoms. The summed E-state index contributed by atoms with van der Waals surface area (Å²) in [4.78, 5) is 11.1. The van der Waals surface area contributed by atoms with E-state index in [1.807, 2.05) is 45.0 Å². The number of hydrogen-bond donors (Lipinski definition) is 0. The van der Waals surface area contributed by atoms with E-state index in [1.54, 1.807) is 10.9 Å². The SMILES string of the molecule is CC(C)(C)c1nn(-c2ccc(Br)cc2)cc1C=O. The Hall–Kier alpha value is -1.42. The van der Waals surface area contributed by atoms with Crippen LogP contribution in [0.5, 0.6) is 0 Å². The Morgan fingerprint density at radius 3 is 2.28 bits per heavy atom. The van der Waals surface area contributed by atoms with Crippen LogP contribution in [-0.4, -0.2) is 16.1 Å². The van der Waals surface area contributed by atoms with E-state index in [1.165, 1.54) is 0 Å². The quantitative estimate of drug-likeness (QED) is 0.792. The Kier molecular flexibility index (Phi) is 3.39. The van der Waals surface area contributed by atoms with Crippen molar-refractivity contribution in [1.29, 1.82) is 0 Å². The summed E-state index contributed by atoms with van der Waals surface area (Å²) in [5.41, 5.74) is 2.26. The zero-order valence-electron chi connectivity index (χ0n) is 10.6. The van der Waals surface area contributed by atoms with Crippen LogP contribution in [0.25, 0.3) is 5.69 Å². The molecule has 0 aliphatic carbocycles. The minimum atomic E-state index is -0.142. The average molecular weight is 307 g/mol. The number of carbonyl (C=O) groups excluding carboxylic acids is 1. The number of rotatable bonds is 2. The Morgan fingerprint density at radius 1 is 1.22 bits per heavy atom. The van der Waals surface area contributed by atoms with Gasteiger partial charge in [-0.25, -0.2) is 4.68 Å². The number of hydrogen-bond acceptors (Lipinski definition) is 2. The molecule has 0 N–H and O–H groups in total. The number of aldehydes is 1. The first-order valence-corrected chi connectivity index (χ1v) is 6.52. The summed E-state index contributed by atoms with van der Waals surface area (Å²) in [5, 5.41) is 4.52. The molecular formula is C14H15BrN2O. The fourth-order valence-electron chi connectivity index (χ4n) is 1.78. The van der Waals surface area contributed by atoms with Gasteiger partial charge in [0.25, 0.3) is 0 Å². The summed E-state index contributed by atoms with van der Waals surface area (Å²) in [7, 11) is 0. The molecule has 1 aromatic heterocycles. The van der Waals surface area contributed by atoms with Crippen LogP contribution in [0.15, 0.2) is 34.9 Å². The molecule has 0 saturated heterocycles. The highest BCUT2D eigenvalue weighted by Gasteiger charge is 2.22. The van der Waals surface area contributed by atoms with Gasteiger partial charge in [-0.05, 0) is 24.3 Å². The maximum Gasteiger partial charge on any atom is 0.153 e. The van der Waals surface area contributed by atoms with Crippen molar-refractivity contribution in [3.63, 3.8) is 0 Å². The summed E-state index contributed by atoms with van der Waals surface area (Å²) >= 11 is 3.40. The van der Waals surface area contributed by atoms with Gasteiger partial charge >= 0.3 is 0 Å². The van der Waals surface area contributed by atoms with Crippen molar-refractivity contribution in [3.8, 4) is 5.69 Å². The third-order valence-corrected chi connectivity index (χ3v) is 3.20. The fraction of sp³-hybridized carbons (Fsp3) is 0.286. The van der Waals surface area contributed by atoms with Gasteiger partial charge in [-0.15, -0.1) is 0 Å². The second-order valence-electron chi connectivity index (χ2n) is 5.22. The monoisotopic (exact) mass is 306 g/mol. The highest BCUT2D eigenvalue weighted by Crippen LogP contribution is 2.24. The predicted molar refractivity (Wildman–Crippen MR) is 75.4 cm³/mol. The topological polar surface area (TPSA) is 34.9 Å². The lowest BCUT2D eigenvalue weighted by Crippen LogP contribution is -2.14. The fourth-order valence-corrected chi connectivity index (χ4v) is 2.05. The molecule has 94 valence electrons. The van der Waals surface area contributed by atoms with Gasteiger partial charge in [0.05, 0.1) is 16.9 Å². The molecule has 4 heteroatoms. The van der Waals surface area contributed by atoms with Gasteiger partial charge in [-0.1, -0.05) is 36.7 Å². The molecule has 3 nitrogen and oxygen atoms in total. The summed E-state index contributed by atoms with van der Waals surface area (Å²) in [6.07, 6.45) is 2.64. The van der Waals surface area contributed by atoms with Crippen molar-refractivity contribution in [3.05, 3.63) is 46.2 Å². The smallest absolute Gasteiger partial charge is 0.153 e. The number of halogens is 1. The van der Waals surface area contributed by atoms with Gasteiger partial charge in [0.1, 0.15) is 0 Å². The van der Waals surface area contributed by atoms with E-state index in [0.717, 1.165) is 22.1 Å². The first-order chi connectivity index (χ1) is 8.41. The number of benzene rings is 1. The number of nitrogens with zero attached hydrogens (tertiary/aromatic N) is 2. The molecule has 2 rings (SSSR count). The molecule has 2 aromatic rings. The predicted octanol–water partition coefficient (Wildman–Crippen LogP) is 3.74. The number of aromatic nitrogens is 2. The molecule has 0 radical (unpaired) electrons. The van der Waals surface area contributed by atoms with E-state index in [2.05, 4.69) is 21.0 Å². The van der Waals surface area contributed by atoms with Crippen molar-refractivity contribution in [2.75, 3.05) is 0 Å². The zero-order chi connectivity index (χ0) is 13.3. The van der Waals surface area contributed by atoms with Gasteiger partial charge in [0.2, 0.25) is 0 Å². The molecule has 0 atom stereocenters. The van der Waals surface area contributed by atoms with Crippen molar-refractivity contribution in [1.82, 2.24) is 9.78 Å². The van der Waals surface area contributed by atoms with Crippen molar-refractivity contribution in [2.24, 2.45) is 0 Å². The van der Waals surface area contributed by atoms with E-state index in [-0.39, 0.29) is 5.41 Å². The Balaban J connectivity index is 2.50. The first-order valence-electron chi connectivity index (χ1n) is 5.73. The average Bonchev–Trinajstić information content (AvgIpc) is 2.73. The minimum absolute atomic E-state index is 0.142. The van der Waals surface area contributed by atoms with Gasteiger partial charge in [-0.3, -0.25) is 4.79 Å². The van der Waals surface area contributed by atoms with Gasteiger partial charge in [0, 0.05) is 16.1 Å². The lowest BCUT2D eigenvalue weighted by Gasteiger charge is -2.15. The van der Waals surface area contributed by atoms with Gasteiger partial charge in [-0.2, -0.15) is 5.10 Å². The highest BCUT2D eigenvalue weighted by atomic mass is 79.9. The molecule has 0 aliphatic rings. The van der Waals surface area contributed by atoms with E-state index < -0.39 is 0 Å². The Labute approximate surface area is 115 Å². The van der Waals surface area contributed by atoms with E-state index in [9.17, 15) is 4.79 Å². The molecule has 0 amide bonds. The third-order valence-electron chi connectivity index (χ3n) is 2.67. The zero-order valence-corrected chi connectivity index (χ0v) is 12.2. The highest BCUT2D eigenvalue weighted by molar-refractivity contribution is 9.10. The third kappa shape index (κ3) is 2.53. The molecule has 1 aromatic carbocycles. The van der Waals surface area contributed by atoms with Crippen LogP contribution in [0.2, 0.25) is 0 Å². The van der Waals surface area contributed by atoms with Crippen molar-refractivity contribution in [2.45, 2.75) is 26.2 Å². The van der Waals surface area contributed by atoms with E-state index >= 15 is 0 Å². The van der Waals surface area contributed by atoms with Crippen LogP contribution in [0.3, 0.4) is 0 Å². The molecular weight excluding hydrogens is 292 g/mol. The standard InChI is InChI=1S/C14H15BrN2O/c1-14(2,3)13-10(9-18)8-17(16-13)12-6-4-11(15)5-7-12/h4-9H,1-3H3. The maximum absolute atomic E-state index is 11.1. The summed E-state index contributed by atoms with van der Waals surface area (Å²) in [5.74, 6) is 0. The van der Waals surface area contributed by atoms with Crippen LogP contribution in [0.4, 0.5) is 0 Å². The molecule has 0 unspecified atom stereocenters. The van der Waals surface area contributed by atoms with Gasteiger partial charge < -0.3 is 0 Å². The minimum Gasteiger partial charge on any atom is -0.298 e. The van der Waals surface area contributed by atoms with Crippen LogP contribution in [-0.2, 0) is 5.41 Å². The molecule has 0 aliphatic heterocycles. The van der Waals surface area contributed by atoms with Crippen molar-refractivity contribution < 1.29 is 4.79 Å². The molecule has 0 fully saturated rings. The first kappa shape index (κ1) is 13.0. The van der Waals surface area contributed by atoms with Crippen LogP contribution < -0.4 is 0 Å². The lowest BCUT2D eigenvalue weighted by atomic mass is 9.90. The summed E-state index contributed by atoms with van der Waals surface area (Å²) in [6.45, 7) is 6.15. The van der Waals surface area contributed by atoms with Crippen LogP contribution in [0, 0.1) is 0 Å².